The van der Waals surface area contributed by atoms with Crippen molar-refractivity contribution in [3.63, 3.8) is 0 Å². The van der Waals surface area contributed by atoms with Crippen molar-refractivity contribution >= 4 is 40.8 Å². The number of hydrogen-bond donors (Lipinski definition) is 0. The van der Waals surface area contributed by atoms with Crippen LogP contribution in [0.1, 0.15) is 5.56 Å². The van der Waals surface area contributed by atoms with Crippen LogP contribution in [0.2, 0.25) is 10.0 Å². The summed E-state index contributed by atoms with van der Waals surface area (Å²) in [4.78, 5) is 10.4. The van der Waals surface area contributed by atoms with Crippen molar-refractivity contribution in [1.82, 2.24) is 0 Å². The van der Waals surface area contributed by atoms with Crippen LogP contribution in [-0.4, -0.2) is 11.3 Å². The van der Waals surface area contributed by atoms with Crippen molar-refractivity contribution in [2.45, 2.75) is 11.8 Å². The van der Waals surface area contributed by atoms with Gasteiger partial charge in [0, 0.05) is 10.0 Å². The molecule has 1 rings (SSSR count). The number of halogens is 3. The van der Waals surface area contributed by atoms with Gasteiger partial charge in [-0.25, -0.2) is 0 Å². The molecule has 0 aliphatic rings. The van der Waals surface area contributed by atoms with Gasteiger partial charge < -0.3 is 9.90 Å². The van der Waals surface area contributed by atoms with Gasteiger partial charge >= 0.3 is 0 Å². The highest BCUT2D eigenvalue weighted by Crippen LogP contribution is 2.22. The van der Waals surface area contributed by atoms with Crippen LogP contribution in [0.25, 0.3) is 0 Å². The van der Waals surface area contributed by atoms with Crippen molar-refractivity contribution in [2.24, 2.45) is 0 Å². The van der Waals surface area contributed by atoms with Crippen LogP contribution in [0, 0.1) is 0 Å². The van der Waals surface area contributed by atoms with E-state index in [4.69, 9.17) is 34.8 Å². The SMILES string of the molecule is O=C([O-])[C@@H](Cl)Cc1ccc(Cl)cc1Cl. The second kappa shape index (κ2) is 4.87. The maximum absolute atomic E-state index is 10.4. The first-order valence-electron chi connectivity index (χ1n) is 3.79. The lowest BCUT2D eigenvalue weighted by Gasteiger charge is -2.11. The topological polar surface area (TPSA) is 40.1 Å². The summed E-state index contributed by atoms with van der Waals surface area (Å²) in [5.74, 6) is -1.31. The Kier molecular flexibility index (Phi) is 4.05. The zero-order chi connectivity index (χ0) is 10.7. The molecule has 14 heavy (non-hydrogen) atoms. The Morgan fingerprint density at radius 2 is 2.07 bits per heavy atom. The molecule has 1 aromatic rings. The normalized spacial score (nSPS) is 12.5. The highest BCUT2D eigenvalue weighted by atomic mass is 35.5. The van der Waals surface area contributed by atoms with E-state index in [2.05, 4.69) is 0 Å². The van der Waals surface area contributed by atoms with Gasteiger partial charge in [0.25, 0.3) is 0 Å². The maximum Gasteiger partial charge on any atom is 0.0771 e. The highest BCUT2D eigenvalue weighted by molar-refractivity contribution is 6.35. The van der Waals surface area contributed by atoms with E-state index in [1.54, 1.807) is 12.1 Å². The molecule has 1 atom stereocenters. The van der Waals surface area contributed by atoms with E-state index in [-0.39, 0.29) is 6.42 Å². The molecular weight excluding hydrogens is 246 g/mol. The molecule has 0 saturated carbocycles. The van der Waals surface area contributed by atoms with E-state index in [0.29, 0.717) is 15.6 Å². The molecule has 0 radical (unpaired) electrons. The van der Waals surface area contributed by atoms with Gasteiger partial charge in [-0.3, -0.25) is 0 Å². The van der Waals surface area contributed by atoms with Gasteiger partial charge in [0.1, 0.15) is 0 Å². The fraction of sp³-hybridized carbons (Fsp3) is 0.222. The summed E-state index contributed by atoms with van der Waals surface area (Å²) in [7, 11) is 0. The van der Waals surface area contributed by atoms with Gasteiger partial charge in [-0.15, -0.1) is 11.6 Å². The molecule has 0 heterocycles. The van der Waals surface area contributed by atoms with Crippen molar-refractivity contribution in [3.8, 4) is 0 Å². The molecule has 0 spiro atoms. The van der Waals surface area contributed by atoms with Crippen LogP contribution in [-0.2, 0) is 11.2 Å². The standard InChI is InChI=1S/C9H7Cl3O2/c10-6-2-1-5(7(11)4-6)3-8(12)9(13)14/h1-2,4,8H,3H2,(H,13,14)/p-1/t8-/m0/s1. The van der Waals surface area contributed by atoms with Gasteiger partial charge in [0.15, 0.2) is 0 Å². The van der Waals surface area contributed by atoms with Gasteiger partial charge in [-0.1, -0.05) is 29.3 Å². The predicted molar refractivity (Wildman–Crippen MR) is 54.8 cm³/mol. The van der Waals surface area contributed by atoms with E-state index in [1.807, 2.05) is 0 Å². The van der Waals surface area contributed by atoms with Gasteiger partial charge in [-0.2, -0.15) is 0 Å². The Morgan fingerprint density at radius 1 is 1.43 bits per heavy atom. The van der Waals surface area contributed by atoms with Crippen molar-refractivity contribution < 1.29 is 9.90 Å². The van der Waals surface area contributed by atoms with Gasteiger partial charge in [0.2, 0.25) is 0 Å². The minimum absolute atomic E-state index is 0.125. The monoisotopic (exact) mass is 251 g/mol. The third kappa shape index (κ3) is 3.05. The molecule has 0 N–H and O–H groups in total. The summed E-state index contributed by atoms with van der Waals surface area (Å²) in [5, 5.41) is 10.2. The molecule has 0 fully saturated rings. The smallest absolute Gasteiger partial charge is 0.0771 e. The number of carboxylic acid groups (broad SMARTS) is 1. The minimum atomic E-state index is -1.31. The Morgan fingerprint density at radius 3 is 2.57 bits per heavy atom. The highest BCUT2D eigenvalue weighted by Gasteiger charge is 2.09. The average molecular weight is 253 g/mol. The second-order valence-corrected chi connectivity index (χ2v) is 4.10. The van der Waals surface area contributed by atoms with E-state index < -0.39 is 11.3 Å². The van der Waals surface area contributed by atoms with Crippen molar-refractivity contribution in [2.75, 3.05) is 0 Å². The number of carboxylic acids is 1. The number of carbonyl (C=O) groups is 1. The molecule has 0 bridgehead atoms. The van der Waals surface area contributed by atoms with Crippen LogP contribution in [0.4, 0.5) is 0 Å². The summed E-state index contributed by atoms with van der Waals surface area (Å²) in [6, 6.07) is 4.81. The maximum atomic E-state index is 10.4. The van der Waals surface area contributed by atoms with Crippen LogP contribution in [0.15, 0.2) is 18.2 Å². The molecule has 0 unspecified atom stereocenters. The lowest BCUT2D eigenvalue weighted by Crippen LogP contribution is -2.33. The van der Waals surface area contributed by atoms with Crippen molar-refractivity contribution in [1.29, 1.82) is 0 Å². The zero-order valence-corrected chi connectivity index (χ0v) is 9.23. The molecule has 0 saturated heterocycles. The first-order chi connectivity index (χ1) is 6.50. The average Bonchev–Trinajstić information content (AvgIpc) is 2.09. The summed E-state index contributed by atoms with van der Waals surface area (Å²) in [6.07, 6.45) is 0.125. The molecule has 0 aliphatic carbocycles. The first kappa shape index (κ1) is 11.6. The fourth-order valence-corrected chi connectivity index (χ4v) is 1.62. The number of benzene rings is 1. The molecule has 2 nitrogen and oxygen atoms in total. The van der Waals surface area contributed by atoms with E-state index in [0.717, 1.165) is 0 Å². The summed E-state index contributed by atoms with van der Waals surface area (Å²) in [6.45, 7) is 0. The molecule has 0 aliphatic heterocycles. The number of alkyl halides is 1. The predicted octanol–water partition coefficient (Wildman–Crippen LogP) is 1.89. The Bertz CT molecular complexity index is 352. The van der Waals surface area contributed by atoms with E-state index in [9.17, 15) is 9.90 Å². The number of aliphatic carboxylic acids is 1. The number of hydrogen-bond acceptors (Lipinski definition) is 2. The molecule has 0 aromatic heterocycles. The largest absolute Gasteiger partial charge is 0.549 e. The second-order valence-electron chi connectivity index (χ2n) is 2.73. The molecule has 0 amide bonds. The summed E-state index contributed by atoms with van der Waals surface area (Å²) in [5.41, 5.74) is 0.639. The molecule has 1 aromatic carbocycles. The minimum Gasteiger partial charge on any atom is -0.549 e. The lowest BCUT2D eigenvalue weighted by molar-refractivity contribution is -0.305. The number of rotatable bonds is 3. The van der Waals surface area contributed by atoms with Crippen LogP contribution in [0.3, 0.4) is 0 Å². The fourth-order valence-electron chi connectivity index (χ4n) is 0.964. The van der Waals surface area contributed by atoms with E-state index >= 15 is 0 Å². The summed E-state index contributed by atoms with van der Waals surface area (Å²) >= 11 is 17.0. The van der Waals surface area contributed by atoms with Crippen LogP contribution in [0.5, 0.6) is 0 Å². The molecule has 5 heteroatoms. The van der Waals surface area contributed by atoms with Gasteiger partial charge in [-0.05, 0) is 24.1 Å². The summed E-state index contributed by atoms with van der Waals surface area (Å²) < 4.78 is 0. The van der Waals surface area contributed by atoms with Crippen molar-refractivity contribution in [3.05, 3.63) is 33.8 Å². The van der Waals surface area contributed by atoms with E-state index in [1.165, 1.54) is 6.07 Å². The third-order valence-electron chi connectivity index (χ3n) is 1.67. The van der Waals surface area contributed by atoms with Gasteiger partial charge in [0.05, 0.1) is 11.3 Å². The number of carbonyl (C=O) groups excluding carboxylic acids is 1. The Hall–Kier alpha value is -0.440. The Labute approximate surface area is 96.4 Å². The first-order valence-corrected chi connectivity index (χ1v) is 4.99. The zero-order valence-electron chi connectivity index (χ0n) is 6.97. The van der Waals surface area contributed by atoms with Crippen LogP contribution >= 0.6 is 34.8 Å². The molecule has 76 valence electrons. The lowest BCUT2D eigenvalue weighted by atomic mass is 10.1. The Balaban J connectivity index is 2.82. The van der Waals surface area contributed by atoms with Crippen LogP contribution < -0.4 is 5.11 Å². The quantitative estimate of drug-likeness (QED) is 0.771. The third-order valence-corrected chi connectivity index (χ3v) is 2.59. The molecular formula is C9H6Cl3O2-.